The Kier molecular flexibility index (Phi) is 5.40. The summed E-state index contributed by atoms with van der Waals surface area (Å²) in [6.07, 6.45) is 6.84. The lowest BCUT2D eigenvalue weighted by Crippen LogP contribution is -2.50. The summed E-state index contributed by atoms with van der Waals surface area (Å²) in [6, 6.07) is 1.67. The molecular formula is C15H30N2S. The molecular weight excluding hydrogens is 240 g/mol. The fourth-order valence-corrected chi connectivity index (χ4v) is 4.49. The molecule has 1 aliphatic heterocycles. The Labute approximate surface area is 117 Å². The smallest absolute Gasteiger partial charge is 0.0231 e. The zero-order valence-corrected chi connectivity index (χ0v) is 13.2. The minimum absolute atomic E-state index is 0.468. The fraction of sp³-hybridized carbons (Fsp3) is 1.00. The average molecular weight is 270 g/mol. The molecule has 1 saturated heterocycles. The molecule has 2 rings (SSSR count). The highest BCUT2D eigenvalue weighted by molar-refractivity contribution is 8.00. The number of rotatable bonds is 4. The van der Waals surface area contributed by atoms with E-state index in [0.717, 1.165) is 12.1 Å². The summed E-state index contributed by atoms with van der Waals surface area (Å²) < 4.78 is 0.468. The first-order valence-corrected chi connectivity index (χ1v) is 8.70. The number of nitrogens with one attached hydrogen (secondary N) is 1. The van der Waals surface area contributed by atoms with Crippen molar-refractivity contribution in [2.24, 2.45) is 0 Å². The standard InChI is InChI=1S/C15H30N2S/c1-4-9-16-13-5-7-14(8-6-13)17-10-11-18-15(2,3)12-17/h13-14,16H,4-12H2,1-3H3. The van der Waals surface area contributed by atoms with Gasteiger partial charge in [0.2, 0.25) is 0 Å². The lowest BCUT2D eigenvalue weighted by atomic mass is 9.89. The molecule has 1 saturated carbocycles. The van der Waals surface area contributed by atoms with Crippen molar-refractivity contribution in [1.82, 2.24) is 10.2 Å². The van der Waals surface area contributed by atoms with Crippen LogP contribution in [0, 0.1) is 0 Å². The molecule has 0 spiro atoms. The second kappa shape index (κ2) is 6.62. The highest BCUT2D eigenvalue weighted by Gasteiger charge is 2.32. The number of nitrogens with zero attached hydrogens (tertiary/aromatic N) is 1. The Morgan fingerprint density at radius 1 is 1.22 bits per heavy atom. The van der Waals surface area contributed by atoms with Crippen LogP contribution in [0.15, 0.2) is 0 Å². The topological polar surface area (TPSA) is 15.3 Å². The van der Waals surface area contributed by atoms with Crippen molar-refractivity contribution >= 4 is 11.8 Å². The molecule has 18 heavy (non-hydrogen) atoms. The van der Waals surface area contributed by atoms with Gasteiger partial charge in [0.15, 0.2) is 0 Å². The van der Waals surface area contributed by atoms with E-state index >= 15 is 0 Å². The maximum Gasteiger partial charge on any atom is 0.0231 e. The van der Waals surface area contributed by atoms with Crippen molar-refractivity contribution in [1.29, 1.82) is 0 Å². The van der Waals surface area contributed by atoms with Crippen LogP contribution in [0.25, 0.3) is 0 Å². The van der Waals surface area contributed by atoms with Gasteiger partial charge in [-0.2, -0.15) is 11.8 Å². The molecule has 3 heteroatoms. The van der Waals surface area contributed by atoms with E-state index in [1.54, 1.807) is 0 Å². The lowest BCUT2D eigenvalue weighted by molar-refractivity contribution is 0.137. The molecule has 0 bridgehead atoms. The summed E-state index contributed by atoms with van der Waals surface area (Å²) in [5.41, 5.74) is 0. The molecule has 2 nitrogen and oxygen atoms in total. The van der Waals surface area contributed by atoms with Gasteiger partial charge in [0.1, 0.15) is 0 Å². The van der Waals surface area contributed by atoms with Gasteiger partial charge in [-0.25, -0.2) is 0 Å². The molecule has 0 radical (unpaired) electrons. The van der Waals surface area contributed by atoms with Gasteiger partial charge in [0.05, 0.1) is 0 Å². The molecule has 0 aromatic rings. The zero-order chi connectivity index (χ0) is 13.0. The molecule has 0 aromatic heterocycles. The van der Waals surface area contributed by atoms with E-state index in [1.807, 2.05) is 0 Å². The largest absolute Gasteiger partial charge is 0.314 e. The summed E-state index contributed by atoms with van der Waals surface area (Å²) in [6.45, 7) is 10.9. The average Bonchev–Trinajstić information content (AvgIpc) is 2.36. The molecule has 2 aliphatic rings. The zero-order valence-electron chi connectivity index (χ0n) is 12.4. The Morgan fingerprint density at radius 2 is 1.94 bits per heavy atom. The van der Waals surface area contributed by atoms with Gasteiger partial charge in [-0.3, -0.25) is 4.90 Å². The van der Waals surface area contributed by atoms with E-state index in [-0.39, 0.29) is 0 Å². The Bertz CT molecular complexity index is 247. The normalized spacial score (nSPS) is 33.5. The van der Waals surface area contributed by atoms with Crippen LogP contribution in [0.5, 0.6) is 0 Å². The highest BCUT2D eigenvalue weighted by Crippen LogP contribution is 2.33. The van der Waals surface area contributed by atoms with Crippen LogP contribution < -0.4 is 5.32 Å². The molecule has 0 unspecified atom stereocenters. The number of hydrogen-bond donors (Lipinski definition) is 1. The van der Waals surface area contributed by atoms with E-state index in [0.29, 0.717) is 4.75 Å². The van der Waals surface area contributed by atoms with E-state index in [9.17, 15) is 0 Å². The van der Waals surface area contributed by atoms with Crippen molar-refractivity contribution in [3.05, 3.63) is 0 Å². The van der Waals surface area contributed by atoms with Crippen LogP contribution in [-0.4, -0.2) is 47.1 Å². The molecule has 0 aromatic carbocycles. The summed E-state index contributed by atoms with van der Waals surface area (Å²) >= 11 is 2.15. The van der Waals surface area contributed by atoms with Gasteiger partial charge in [0, 0.05) is 35.7 Å². The van der Waals surface area contributed by atoms with Crippen LogP contribution in [0.2, 0.25) is 0 Å². The van der Waals surface area contributed by atoms with Gasteiger partial charge in [-0.1, -0.05) is 6.92 Å². The van der Waals surface area contributed by atoms with Gasteiger partial charge < -0.3 is 5.32 Å². The monoisotopic (exact) mass is 270 g/mol. The van der Waals surface area contributed by atoms with Crippen molar-refractivity contribution < 1.29 is 0 Å². The molecule has 2 fully saturated rings. The lowest BCUT2D eigenvalue weighted by Gasteiger charge is -2.44. The third-order valence-corrected chi connectivity index (χ3v) is 5.65. The predicted octanol–water partition coefficient (Wildman–Crippen LogP) is 3.12. The Morgan fingerprint density at radius 3 is 2.56 bits per heavy atom. The first-order chi connectivity index (χ1) is 8.61. The summed E-state index contributed by atoms with van der Waals surface area (Å²) in [7, 11) is 0. The minimum Gasteiger partial charge on any atom is -0.314 e. The minimum atomic E-state index is 0.468. The van der Waals surface area contributed by atoms with Gasteiger partial charge >= 0.3 is 0 Å². The van der Waals surface area contributed by atoms with Gasteiger partial charge in [-0.15, -0.1) is 0 Å². The summed E-state index contributed by atoms with van der Waals surface area (Å²) in [5.74, 6) is 1.32. The van der Waals surface area contributed by atoms with E-state index < -0.39 is 0 Å². The third kappa shape index (κ3) is 4.14. The molecule has 0 atom stereocenters. The highest BCUT2D eigenvalue weighted by atomic mass is 32.2. The van der Waals surface area contributed by atoms with Crippen molar-refractivity contribution in [3.63, 3.8) is 0 Å². The number of thioether (sulfide) groups is 1. The van der Waals surface area contributed by atoms with Crippen molar-refractivity contribution in [2.45, 2.75) is 69.7 Å². The second-order valence-electron chi connectivity index (χ2n) is 6.54. The summed E-state index contributed by atoms with van der Waals surface area (Å²) in [4.78, 5) is 2.77. The van der Waals surface area contributed by atoms with Crippen LogP contribution in [0.3, 0.4) is 0 Å². The van der Waals surface area contributed by atoms with Crippen LogP contribution in [-0.2, 0) is 0 Å². The summed E-state index contributed by atoms with van der Waals surface area (Å²) in [5, 5.41) is 3.69. The fourth-order valence-electron chi connectivity index (χ4n) is 3.36. The molecule has 106 valence electrons. The molecule has 1 aliphatic carbocycles. The van der Waals surface area contributed by atoms with Gasteiger partial charge in [0.25, 0.3) is 0 Å². The van der Waals surface area contributed by atoms with Gasteiger partial charge in [-0.05, 0) is 52.5 Å². The second-order valence-corrected chi connectivity index (χ2v) is 8.34. The van der Waals surface area contributed by atoms with E-state index in [4.69, 9.17) is 0 Å². The SMILES string of the molecule is CCCNC1CCC(N2CCSC(C)(C)C2)CC1. The number of hydrogen-bond acceptors (Lipinski definition) is 3. The molecule has 0 amide bonds. The Balaban J connectivity index is 1.75. The maximum absolute atomic E-state index is 3.69. The van der Waals surface area contributed by atoms with E-state index in [1.165, 1.54) is 57.5 Å². The predicted molar refractivity (Wildman–Crippen MR) is 82.4 cm³/mol. The molecule has 1 N–H and O–H groups in total. The Hall–Kier alpha value is 0.270. The molecule has 1 heterocycles. The first kappa shape index (κ1) is 14.7. The third-order valence-electron chi connectivity index (χ3n) is 4.35. The van der Waals surface area contributed by atoms with Crippen molar-refractivity contribution in [2.75, 3.05) is 25.4 Å². The van der Waals surface area contributed by atoms with Crippen LogP contribution >= 0.6 is 11.8 Å². The van der Waals surface area contributed by atoms with Crippen molar-refractivity contribution in [3.8, 4) is 0 Å². The van der Waals surface area contributed by atoms with E-state index in [2.05, 4.69) is 42.7 Å². The maximum atomic E-state index is 3.69. The van der Waals surface area contributed by atoms with Crippen LogP contribution in [0.4, 0.5) is 0 Å². The van der Waals surface area contributed by atoms with Crippen LogP contribution in [0.1, 0.15) is 52.9 Å². The quantitative estimate of drug-likeness (QED) is 0.845. The first-order valence-electron chi connectivity index (χ1n) is 7.72.